The molecule has 0 radical (unpaired) electrons. The molecule has 0 amide bonds. The van der Waals surface area contributed by atoms with Crippen molar-refractivity contribution in [2.24, 2.45) is 5.92 Å². The lowest BCUT2D eigenvalue weighted by molar-refractivity contribution is -0.141. The number of aryl methyl sites for hydroxylation is 1. The molecule has 2 aromatic heterocycles. The Kier molecular flexibility index (Phi) is 4.33. The lowest BCUT2D eigenvalue weighted by Crippen LogP contribution is -2.32. The Hall–Kier alpha value is -2.32. The Morgan fingerprint density at radius 1 is 1.38 bits per heavy atom. The number of ether oxygens (including phenoxy) is 1. The molecule has 1 unspecified atom stereocenters. The average molecular weight is 341 g/mol. The minimum atomic E-state index is -4.40. The molecule has 24 heavy (non-hydrogen) atoms. The molecule has 3 heterocycles. The molecule has 2 aromatic rings. The molecule has 0 aromatic carbocycles. The topological polar surface area (TPSA) is 56.1 Å². The Morgan fingerprint density at radius 2 is 2.17 bits per heavy atom. The molecule has 1 atom stereocenters. The van der Waals surface area contributed by atoms with Gasteiger partial charge < -0.3 is 14.2 Å². The van der Waals surface area contributed by atoms with Crippen molar-refractivity contribution in [2.45, 2.75) is 25.6 Å². The minimum absolute atomic E-state index is 0.201. The van der Waals surface area contributed by atoms with E-state index < -0.39 is 11.9 Å². The molecule has 0 bridgehead atoms. The highest BCUT2D eigenvalue weighted by Crippen LogP contribution is 2.31. The van der Waals surface area contributed by atoms with Crippen molar-refractivity contribution in [2.75, 3.05) is 25.6 Å². The molecule has 0 N–H and O–H groups in total. The van der Waals surface area contributed by atoms with E-state index in [0.717, 1.165) is 12.6 Å². The van der Waals surface area contributed by atoms with Gasteiger partial charge in [-0.15, -0.1) is 0 Å². The monoisotopic (exact) mass is 341 g/mol. The number of alkyl halides is 3. The van der Waals surface area contributed by atoms with Gasteiger partial charge in [0.2, 0.25) is 11.8 Å². The van der Waals surface area contributed by atoms with Gasteiger partial charge in [0.05, 0.1) is 7.11 Å². The van der Waals surface area contributed by atoms with E-state index in [1.807, 2.05) is 11.9 Å². The molecule has 1 aliphatic rings. The maximum Gasteiger partial charge on any atom is 0.434 e. The first kappa shape index (κ1) is 16.5. The second kappa shape index (κ2) is 6.29. The van der Waals surface area contributed by atoms with Crippen molar-refractivity contribution in [1.82, 2.24) is 19.5 Å². The third-order valence-corrected chi connectivity index (χ3v) is 4.08. The minimum Gasteiger partial charge on any atom is -0.481 e. The number of aromatic nitrogens is 4. The highest BCUT2D eigenvalue weighted by Gasteiger charge is 2.35. The summed E-state index contributed by atoms with van der Waals surface area (Å²) in [6.07, 6.45) is -0.368. The van der Waals surface area contributed by atoms with Gasteiger partial charge in [-0.2, -0.15) is 18.2 Å². The molecule has 1 aliphatic heterocycles. The number of fused-ring (bicyclic) bond motifs is 1. The van der Waals surface area contributed by atoms with Crippen LogP contribution in [0.15, 0.2) is 18.5 Å². The van der Waals surface area contributed by atoms with E-state index in [1.54, 1.807) is 16.8 Å². The molecule has 6 nitrogen and oxygen atoms in total. The van der Waals surface area contributed by atoms with Crippen molar-refractivity contribution in [3.8, 4) is 5.88 Å². The van der Waals surface area contributed by atoms with Crippen LogP contribution in [0.4, 0.5) is 19.1 Å². The van der Waals surface area contributed by atoms with Crippen LogP contribution >= 0.6 is 0 Å². The molecule has 0 saturated heterocycles. The van der Waals surface area contributed by atoms with Crippen LogP contribution in [-0.4, -0.2) is 40.2 Å². The van der Waals surface area contributed by atoms with Crippen LogP contribution < -0.4 is 9.64 Å². The second-order valence-electron chi connectivity index (χ2n) is 5.88. The van der Waals surface area contributed by atoms with Crippen molar-refractivity contribution in [3.63, 3.8) is 0 Å². The van der Waals surface area contributed by atoms with Crippen LogP contribution in [0, 0.1) is 5.92 Å². The van der Waals surface area contributed by atoms with E-state index in [1.165, 1.54) is 7.11 Å². The zero-order valence-electron chi connectivity index (χ0n) is 13.4. The third-order valence-electron chi connectivity index (χ3n) is 4.08. The summed E-state index contributed by atoms with van der Waals surface area (Å²) in [6.45, 7) is 1.15. The van der Waals surface area contributed by atoms with Gasteiger partial charge in [0.25, 0.3) is 0 Å². The number of nitrogens with zero attached hydrogens (tertiary/aromatic N) is 5. The number of halogens is 3. The maximum absolute atomic E-state index is 12.8. The Labute approximate surface area is 137 Å². The van der Waals surface area contributed by atoms with Gasteiger partial charge >= 0.3 is 6.18 Å². The van der Waals surface area contributed by atoms with Crippen molar-refractivity contribution in [3.05, 3.63) is 30.0 Å². The van der Waals surface area contributed by atoms with Gasteiger partial charge in [-0.25, -0.2) is 9.97 Å². The molecule has 0 spiro atoms. The highest BCUT2D eigenvalue weighted by atomic mass is 19.4. The Balaban J connectivity index is 1.68. The van der Waals surface area contributed by atoms with E-state index in [0.29, 0.717) is 37.2 Å². The highest BCUT2D eigenvalue weighted by molar-refractivity contribution is 5.30. The molecular formula is C15H18F3N5O. The summed E-state index contributed by atoms with van der Waals surface area (Å²) in [5, 5.41) is 0. The second-order valence-corrected chi connectivity index (χ2v) is 5.88. The zero-order valence-corrected chi connectivity index (χ0v) is 13.4. The fourth-order valence-corrected chi connectivity index (χ4v) is 2.90. The summed E-state index contributed by atoms with van der Waals surface area (Å²) in [5.74, 6) is 1.70. The fourth-order valence-electron chi connectivity index (χ4n) is 2.90. The molecule has 9 heteroatoms. The largest absolute Gasteiger partial charge is 0.481 e. The van der Waals surface area contributed by atoms with Crippen LogP contribution in [0.1, 0.15) is 17.9 Å². The molecule has 0 fully saturated rings. The standard InChI is InChI=1S/C15H18F3N5O/c1-22(14-19-6-5-13(21-14)24-2)7-10-3-4-12-20-11(15(16,17)18)9-23(12)8-10/h5-6,9-10H,3-4,7-8H2,1-2H3. The summed E-state index contributed by atoms with van der Waals surface area (Å²) in [5.41, 5.74) is -0.817. The Bertz CT molecular complexity index is 715. The SMILES string of the molecule is COc1ccnc(N(C)CC2CCc3nc(C(F)(F)F)cn3C2)n1. The number of imidazole rings is 1. The van der Waals surface area contributed by atoms with Crippen LogP contribution in [0.3, 0.4) is 0 Å². The van der Waals surface area contributed by atoms with Crippen molar-refractivity contribution in [1.29, 1.82) is 0 Å². The third kappa shape index (κ3) is 3.44. The molecule has 0 saturated carbocycles. The number of hydrogen-bond acceptors (Lipinski definition) is 5. The average Bonchev–Trinajstić information content (AvgIpc) is 2.98. The lowest BCUT2D eigenvalue weighted by atomic mass is 9.99. The van der Waals surface area contributed by atoms with Crippen LogP contribution in [0.2, 0.25) is 0 Å². The first-order chi connectivity index (χ1) is 11.4. The zero-order chi connectivity index (χ0) is 17.3. The van der Waals surface area contributed by atoms with Crippen LogP contribution in [-0.2, 0) is 19.1 Å². The molecular weight excluding hydrogens is 323 g/mol. The van der Waals surface area contributed by atoms with E-state index in [4.69, 9.17) is 4.74 Å². The van der Waals surface area contributed by atoms with Gasteiger partial charge in [0.15, 0.2) is 5.69 Å². The van der Waals surface area contributed by atoms with Gasteiger partial charge in [0, 0.05) is 45.0 Å². The van der Waals surface area contributed by atoms with Gasteiger partial charge in [-0.1, -0.05) is 0 Å². The predicted molar refractivity (Wildman–Crippen MR) is 80.9 cm³/mol. The Morgan fingerprint density at radius 3 is 2.88 bits per heavy atom. The predicted octanol–water partition coefficient (Wildman–Crippen LogP) is 2.40. The number of rotatable bonds is 4. The maximum atomic E-state index is 12.8. The number of methoxy groups -OCH3 is 1. The first-order valence-corrected chi connectivity index (χ1v) is 7.58. The molecule has 3 rings (SSSR count). The van der Waals surface area contributed by atoms with E-state index in [9.17, 15) is 13.2 Å². The summed E-state index contributed by atoms with van der Waals surface area (Å²) < 4.78 is 45.0. The quantitative estimate of drug-likeness (QED) is 0.855. The van der Waals surface area contributed by atoms with Crippen LogP contribution in [0.25, 0.3) is 0 Å². The smallest absolute Gasteiger partial charge is 0.434 e. The molecule has 0 aliphatic carbocycles. The lowest BCUT2D eigenvalue weighted by Gasteiger charge is -2.28. The van der Waals surface area contributed by atoms with Crippen molar-refractivity contribution < 1.29 is 17.9 Å². The summed E-state index contributed by atoms with van der Waals surface area (Å²) in [4.78, 5) is 14.1. The van der Waals surface area contributed by atoms with Crippen molar-refractivity contribution >= 4 is 5.95 Å². The summed E-state index contributed by atoms with van der Waals surface area (Å²) >= 11 is 0. The van der Waals surface area contributed by atoms with E-state index in [2.05, 4.69) is 15.0 Å². The van der Waals surface area contributed by atoms with Crippen LogP contribution in [0.5, 0.6) is 5.88 Å². The number of anilines is 1. The fraction of sp³-hybridized carbons (Fsp3) is 0.533. The number of hydrogen-bond donors (Lipinski definition) is 0. The van der Waals surface area contributed by atoms with Gasteiger partial charge in [-0.3, -0.25) is 0 Å². The summed E-state index contributed by atoms with van der Waals surface area (Å²) in [7, 11) is 3.39. The van der Waals surface area contributed by atoms with Gasteiger partial charge in [-0.05, 0) is 12.3 Å². The normalized spacial score (nSPS) is 17.5. The van der Waals surface area contributed by atoms with E-state index in [-0.39, 0.29) is 5.92 Å². The van der Waals surface area contributed by atoms with Gasteiger partial charge in [0.1, 0.15) is 5.82 Å². The first-order valence-electron chi connectivity index (χ1n) is 7.58. The summed E-state index contributed by atoms with van der Waals surface area (Å²) in [6, 6.07) is 1.66. The van der Waals surface area contributed by atoms with E-state index >= 15 is 0 Å². The molecule has 130 valence electrons.